The Balaban J connectivity index is 2.29. The van der Waals surface area contributed by atoms with Crippen molar-refractivity contribution < 1.29 is 0 Å². The summed E-state index contributed by atoms with van der Waals surface area (Å²) >= 11 is 0. The van der Waals surface area contributed by atoms with Crippen molar-refractivity contribution in [3.63, 3.8) is 0 Å². The molecule has 2 N–H and O–H groups in total. The molecule has 3 nitrogen and oxygen atoms in total. The fourth-order valence-corrected chi connectivity index (χ4v) is 1.48. The Morgan fingerprint density at radius 3 is 2.67 bits per heavy atom. The second-order valence-electron chi connectivity index (χ2n) is 3.48. The van der Waals surface area contributed by atoms with Gasteiger partial charge in [-0.05, 0) is 12.1 Å². The molecular weight excluding hydrogens is 150 g/mol. The maximum atomic E-state index is 4.35. The van der Waals surface area contributed by atoms with E-state index >= 15 is 0 Å². The minimum Gasteiger partial charge on any atom is -0.261 e. The Kier molecular flexibility index (Phi) is 1.83. The van der Waals surface area contributed by atoms with Gasteiger partial charge in [-0.3, -0.25) is 15.8 Å². The second-order valence-corrected chi connectivity index (χ2v) is 3.48. The van der Waals surface area contributed by atoms with Crippen LogP contribution < -0.4 is 10.9 Å². The smallest absolute Gasteiger partial charge is 0.0489 e. The zero-order chi connectivity index (χ0) is 8.44. The van der Waals surface area contributed by atoms with Gasteiger partial charge in [0, 0.05) is 30.4 Å². The first-order valence-corrected chi connectivity index (χ1v) is 4.18. The van der Waals surface area contributed by atoms with E-state index in [1.807, 2.05) is 18.3 Å². The van der Waals surface area contributed by atoms with E-state index in [9.17, 15) is 0 Å². The van der Waals surface area contributed by atoms with E-state index in [0.29, 0.717) is 0 Å². The highest BCUT2D eigenvalue weighted by atomic mass is 15.4. The molecule has 1 aliphatic rings. The van der Waals surface area contributed by atoms with Crippen molar-refractivity contribution >= 4 is 0 Å². The normalized spacial score (nSPS) is 21.1. The molecule has 0 aromatic carbocycles. The average molecular weight is 163 g/mol. The van der Waals surface area contributed by atoms with Crippen LogP contribution >= 0.6 is 0 Å². The predicted molar refractivity (Wildman–Crippen MR) is 47.6 cm³/mol. The van der Waals surface area contributed by atoms with Crippen LogP contribution in [0.5, 0.6) is 0 Å². The van der Waals surface area contributed by atoms with E-state index in [-0.39, 0.29) is 5.41 Å². The summed E-state index contributed by atoms with van der Waals surface area (Å²) in [6.45, 7) is 4.11. The van der Waals surface area contributed by atoms with Crippen molar-refractivity contribution in [1.82, 2.24) is 15.8 Å². The van der Waals surface area contributed by atoms with Gasteiger partial charge in [-0.25, -0.2) is 0 Å². The average Bonchev–Trinajstić information content (AvgIpc) is 2.55. The topological polar surface area (TPSA) is 37.0 Å². The summed E-state index contributed by atoms with van der Waals surface area (Å²) in [5.74, 6) is 0. The van der Waals surface area contributed by atoms with Crippen LogP contribution in [0.25, 0.3) is 0 Å². The minimum absolute atomic E-state index is 0.154. The van der Waals surface area contributed by atoms with Crippen molar-refractivity contribution in [2.45, 2.75) is 12.3 Å². The molecule has 0 atom stereocenters. The quantitative estimate of drug-likeness (QED) is 0.631. The first-order valence-electron chi connectivity index (χ1n) is 4.18. The third-order valence-electron chi connectivity index (χ3n) is 2.37. The molecule has 0 unspecified atom stereocenters. The standard InChI is InChI=1S/C9H13N3/c1-9(6-11-12-7-9)8-4-2-3-5-10-8/h2-5,11-12H,6-7H2,1H3. The first-order chi connectivity index (χ1) is 5.81. The van der Waals surface area contributed by atoms with E-state index in [4.69, 9.17) is 0 Å². The van der Waals surface area contributed by atoms with Gasteiger partial charge in [0.05, 0.1) is 0 Å². The van der Waals surface area contributed by atoms with Crippen LogP contribution in [0, 0.1) is 0 Å². The summed E-state index contributed by atoms with van der Waals surface area (Å²) in [6, 6.07) is 6.06. The van der Waals surface area contributed by atoms with Gasteiger partial charge in [-0.2, -0.15) is 0 Å². The molecule has 0 aliphatic carbocycles. The number of nitrogens with one attached hydrogen (secondary N) is 2. The number of hydrazine groups is 1. The van der Waals surface area contributed by atoms with E-state index in [0.717, 1.165) is 18.8 Å². The molecule has 1 fully saturated rings. The third-order valence-corrected chi connectivity index (χ3v) is 2.37. The monoisotopic (exact) mass is 163 g/mol. The Labute approximate surface area is 72.2 Å². The predicted octanol–water partition coefficient (Wildman–Crippen LogP) is 0.447. The molecule has 1 saturated heterocycles. The summed E-state index contributed by atoms with van der Waals surface area (Å²) in [5, 5.41) is 0. The molecule has 0 radical (unpaired) electrons. The number of hydrogen-bond donors (Lipinski definition) is 2. The largest absolute Gasteiger partial charge is 0.261 e. The van der Waals surface area contributed by atoms with Crippen LogP contribution in [-0.2, 0) is 5.41 Å². The van der Waals surface area contributed by atoms with Gasteiger partial charge < -0.3 is 0 Å². The van der Waals surface area contributed by atoms with E-state index in [1.165, 1.54) is 0 Å². The lowest BCUT2D eigenvalue weighted by atomic mass is 9.88. The highest BCUT2D eigenvalue weighted by molar-refractivity contribution is 5.18. The molecule has 2 rings (SSSR count). The van der Waals surface area contributed by atoms with Crippen LogP contribution in [0.3, 0.4) is 0 Å². The van der Waals surface area contributed by atoms with Crippen molar-refractivity contribution in [2.75, 3.05) is 13.1 Å². The molecule has 64 valence electrons. The fourth-order valence-electron chi connectivity index (χ4n) is 1.48. The molecule has 1 aromatic rings. The Morgan fingerprint density at radius 2 is 2.08 bits per heavy atom. The van der Waals surface area contributed by atoms with Gasteiger partial charge in [0.15, 0.2) is 0 Å². The van der Waals surface area contributed by atoms with Crippen LogP contribution in [0.15, 0.2) is 24.4 Å². The van der Waals surface area contributed by atoms with Crippen molar-refractivity contribution in [3.8, 4) is 0 Å². The summed E-state index contributed by atoms with van der Waals surface area (Å²) in [4.78, 5) is 4.35. The zero-order valence-electron chi connectivity index (χ0n) is 7.17. The Hall–Kier alpha value is -0.930. The molecule has 3 heteroatoms. The lowest BCUT2D eigenvalue weighted by Gasteiger charge is -2.20. The highest BCUT2D eigenvalue weighted by Gasteiger charge is 2.31. The van der Waals surface area contributed by atoms with Crippen LogP contribution in [-0.4, -0.2) is 18.1 Å². The van der Waals surface area contributed by atoms with Gasteiger partial charge >= 0.3 is 0 Å². The number of nitrogens with zero attached hydrogens (tertiary/aromatic N) is 1. The summed E-state index contributed by atoms with van der Waals surface area (Å²) in [7, 11) is 0. The van der Waals surface area contributed by atoms with Crippen LogP contribution in [0.1, 0.15) is 12.6 Å². The lowest BCUT2D eigenvalue weighted by molar-refractivity contribution is 0.535. The molecule has 0 spiro atoms. The molecule has 1 aliphatic heterocycles. The SMILES string of the molecule is CC1(c2ccccn2)CNNC1. The number of aromatic nitrogens is 1. The van der Waals surface area contributed by atoms with Crippen molar-refractivity contribution in [3.05, 3.63) is 30.1 Å². The fraction of sp³-hybridized carbons (Fsp3) is 0.444. The lowest BCUT2D eigenvalue weighted by Crippen LogP contribution is -2.28. The van der Waals surface area contributed by atoms with E-state index in [1.54, 1.807) is 0 Å². The molecule has 0 amide bonds. The van der Waals surface area contributed by atoms with E-state index in [2.05, 4.69) is 28.8 Å². The van der Waals surface area contributed by atoms with Crippen LogP contribution in [0.4, 0.5) is 0 Å². The summed E-state index contributed by atoms with van der Waals surface area (Å²) in [5.41, 5.74) is 7.55. The maximum Gasteiger partial charge on any atom is 0.0489 e. The van der Waals surface area contributed by atoms with Gasteiger partial charge in [-0.1, -0.05) is 13.0 Å². The van der Waals surface area contributed by atoms with Gasteiger partial charge in [0.25, 0.3) is 0 Å². The molecule has 12 heavy (non-hydrogen) atoms. The van der Waals surface area contributed by atoms with E-state index < -0.39 is 0 Å². The van der Waals surface area contributed by atoms with Gasteiger partial charge in [-0.15, -0.1) is 0 Å². The molecule has 0 bridgehead atoms. The highest BCUT2D eigenvalue weighted by Crippen LogP contribution is 2.21. The minimum atomic E-state index is 0.154. The molecule has 1 aromatic heterocycles. The van der Waals surface area contributed by atoms with Gasteiger partial charge in [0.1, 0.15) is 0 Å². The van der Waals surface area contributed by atoms with Crippen LogP contribution in [0.2, 0.25) is 0 Å². The number of pyridine rings is 1. The zero-order valence-corrected chi connectivity index (χ0v) is 7.17. The molecule has 2 heterocycles. The van der Waals surface area contributed by atoms with Gasteiger partial charge in [0.2, 0.25) is 0 Å². The first kappa shape index (κ1) is 7.71. The number of hydrogen-bond acceptors (Lipinski definition) is 3. The van der Waals surface area contributed by atoms with Crippen molar-refractivity contribution in [2.24, 2.45) is 0 Å². The maximum absolute atomic E-state index is 4.35. The summed E-state index contributed by atoms with van der Waals surface area (Å²) in [6.07, 6.45) is 1.85. The molecular formula is C9H13N3. The Bertz CT molecular complexity index is 252. The van der Waals surface area contributed by atoms with Crippen molar-refractivity contribution in [1.29, 1.82) is 0 Å². The Morgan fingerprint density at radius 1 is 1.33 bits per heavy atom. The number of rotatable bonds is 1. The summed E-state index contributed by atoms with van der Waals surface area (Å²) < 4.78 is 0. The molecule has 0 saturated carbocycles. The second kappa shape index (κ2) is 2.84. The third kappa shape index (κ3) is 1.21.